The summed E-state index contributed by atoms with van der Waals surface area (Å²) in [5, 5.41) is 15.8. The van der Waals surface area contributed by atoms with Crippen molar-refractivity contribution in [1.82, 2.24) is 0 Å². The molecule has 0 atom stereocenters. The average molecular weight is 313 g/mol. The maximum absolute atomic E-state index is 12.5. The standard InChI is InChI=1S/C17H13ClN2O2/c1-11-16(10-12-3-2-4-15(21)9-12)17(22)20(19-11)14-7-5-13(18)6-8-14/h2-10,21H,1H3. The average Bonchev–Trinajstić information content (AvgIpc) is 2.76. The van der Waals surface area contributed by atoms with Crippen LogP contribution >= 0.6 is 11.6 Å². The number of phenolic OH excluding ortho intramolecular Hbond substituents is 1. The first kappa shape index (κ1) is 14.4. The fourth-order valence-electron chi connectivity index (χ4n) is 2.22. The molecule has 4 nitrogen and oxygen atoms in total. The van der Waals surface area contributed by atoms with Crippen molar-refractivity contribution >= 4 is 35.0 Å². The SMILES string of the molecule is CC1=NN(c2ccc(Cl)cc2)C(=O)C1=Cc1cccc(O)c1. The highest BCUT2D eigenvalue weighted by Crippen LogP contribution is 2.26. The van der Waals surface area contributed by atoms with E-state index in [1.54, 1.807) is 55.5 Å². The number of benzene rings is 2. The highest BCUT2D eigenvalue weighted by atomic mass is 35.5. The normalized spacial score (nSPS) is 16.3. The molecule has 0 bridgehead atoms. The number of nitrogens with zero attached hydrogens (tertiary/aromatic N) is 2. The van der Waals surface area contributed by atoms with Crippen molar-refractivity contribution in [2.45, 2.75) is 6.92 Å². The fourth-order valence-corrected chi connectivity index (χ4v) is 2.35. The second kappa shape index (κ2) is 5.66. The number of rotatable bonds is 2. The molecule has 22 heavy (non-hydrogen) atoms. The van der Waals surface area contributed by atoms with E-state index in [0.717, 1.165) is 5.56 Å². The zero-order valence-electron chi connectivity index (χ0n) is 11.8. The summed E-state index contributed by atoms with van der Waals surface area (Å²) in [5.41, 5.74) is 2.53. The molecule has 0 fully saturated rings. The van der Waals surface area contributed by atoms with Crippen LogP contribution in [0.3, 0.4) is 0 Å². The van der Waals surface area contributed by atoms with Crippen LogP contribution in [0.25, 0.3) is 6.08 Å². The van der Waals surface area contributed by atoms with E-state index in [2.05, 4.69) is 5.10 Å². The van der Waals surface area contributed by atoms with Crippen LogP contribution in [0.2, 0.25) is 5.02 Å². The van der Waals surface area contributed by atoms with Crippen molar-refractivity contribution in [1.29, 1.82) is 0 Å². The molecule has 0 aromatic heterocycles. The van der Waals surface area contributed by atoms with E-state index in [4.69, 9.17) is 11.6 Å². The Balaban J connectivity index is 1.94. The lowest BCUT2D eigenvalue weighted by molar-refractivity contribution is -0.114. The minimum atomic E-state index is -0.205. The second-order valence-corrected chi connectivity index (χ2v) is 5.37. The van der Waals surface area contributed by atoms with Crippen molar-refractivity contribution < 1.29 is 9.90 Å². The minimum absolute atomic E-state index is 0.156. The molecule has 2 aromatic rings. The molecule has 0 unspecified atom stereocenters. The molecule has 0 saturated heterocycles. The number of anilines is 1. The molecule has 0 aliphatic carbocycles. The first-order valence-corrected chi connectivity index (χ1v) is 7.09. The zero-order valence-corrected chi connectivity index (χ0v) is 12.6. The van der Waals surface area contributed by atoms with E-state index >= 15 is 0 Å². The van der Waals surface area contributed by atoms with Gasteiger partial charge in [-0.3, -0.25) is 4.79 Å². The monoisotopic (exact) mass is 312 g/mol. The van der Waals surface area contributed by atoms with Crippen LogP contribution in [-0.2, 0) is 4.79 Å². The van der Waals surface area contributed by atoms with Crippen LogP contribution in [0.5, 0.6) is 5.75 Å². The Bertz CT molecular complexity index is 795. The molecular weight excluding hydrogens is 300 g/mol. The number of hydrogen-bond acceptors (Lipinski definition) is 3. The molecule has 0 saturated carbocycles. The third kappa shape index (κ3) is 2.73. The van der Waals surface area contributed by atoms with Crippen molar-refractivity contribution in [2.24, 2.45) is 5.10 Å². The summed E-state index contributed by atoms with van der Waals surface area (Å²) in [5.74, 6) is -0.0490. The predicted octanol–water partition coefficient (Wildman–Crippen LogP) is 3.85. The van der Waals surface area contributed by atoms with Crippen molar-refractivity contribution in [3.8, 4) is 5.75 Å². The Morgan fingerprint density at radius 2 is 1.91 bits per heavy atom. The van der Waals surface area contributed by atoms with Gasteiger partial charge in [0.1, 0.15) is 5.75 Å². The van der Waals surface area contributed by atoms with E-state index in [0.29, 0.717) is 22.0 Å². The zero-order chi connectivity index (χ0) is 15.7. The minimum Gasteiger partial charge on any atom is -0.508 e. The Morgan fingerprint density at radius 3 is 2.59 bits per heavy atom. The lowest BCUT2D eigenvalue weighted by Gasteiger charge is -2.11. The van der Waals surface area contributed by atoms with Gasteiger partial charge in [-0.05, 0) is 55.0 Å². The Morgan fingerprint density at radius 1 is 1.18 bits per heavy atom. The molecular formula is C17H13ClN2O2. The van der Waals surface area contributed by atoms with Gasteiger partial charge >= 0.3 is 0 Å². The molecule has 1 aliphatic heterocycles. The van der Waals surface area contributed by atoms with Gasteiger partial charge in [0.2, 0.25) is 0 Å². The molecule has 1 amide bonds. The summed E-state index contributed by atoms with van der Waals surface area (Å²) in [6.45, 7) is 1.78. The van der Waals surface area contributed by atoms with Gasteiger partial charge in [-0.1, -0.05) is 23.7 Å². The molecule has 1 aliphatic rings. The van der Waals surface area contributed by atoms with Crippen LogP contribution in [0.15, 0.2) is 59.2 Å². The lowest BCUT2D eigenvalue weighted by atomic mass is 10.1. The Hall–Kier alpha value is -2.59. The number of aromatic hydroxyl groups is 1. The molecule has 0 spiro atoms. The maximum atomic E-state index is 12.5. The van der Waals surface area contributed by atoms with Gasteiger partial charge in [0.25, 0.3) is 5.91 Å². The van der Waals surface area contributed by atoms with Crippen molar-refractivity contribution in [2.75, 3.05) is 5.01 Å². The number of halogens is 1. The smallest absolute Gasteiger partial charge is 0.280 e. The first-order chi connectivity index (χ1) is 10.5. The number of hydrazone groups is 1. The van der Waals surface area contributed by atoms with Gasteiger partial charge < -0.3 is 5.11 Å². The summed E-state index contributed by atoms with van der Waals surface area (Å²) >= 11 is 5.86. The molecule has 1 heterocycles. The molecule has 3 rings (SSSR count). The quantitative estimate of drug-likeness (QED) is 0.856. The third-order valence-electron chi connectivity index (χ3n) is 3.31. The summed E-state index contributed by atoms with van der Waals surface area (Å²) in [6, 6.07) is 13.6. The van der Waals surface area contributed by atoms with Gasteiger partial charge in [-0.25, -0.2) is 0 Å². The van der Waals surface area contributed by atoms with E-state index in [1.807, 2.05) is 6.07 Å². The highest BCUT2D eigenvalue weighted by molar-refractivity contribution is 6.32. The van der Waals surface area contributed by atoms with Gasteiger partial charge in [0, 0.05) is 5.02 Å². The van der Waals surface area contributed by atoms with Crippen LogP contribution in [0, 0.1) is 0 Å². The van der Waals surface area contributed by atoms with Gasteiger partial charge in [-0.2, -0.15) is 10.1 Å². The largest absolute Gasteiger partial charge is 0.508 e. The summed E-state index contributed by atoms with van der Waals surface area (Å²) in [7, 11) is 0. The second-order valence-electron chi connectivity index (χ2n) is 4.93. The summed E-state index contributed by atoms with van der Waals surface area (Å²) in [6.07, 6.45) is 1.72. The Kier molecular flexibility index (Phi) is 3.69. The topological polar surface area (TPSA) is 52.9 Å². The number of carbonyl (C=O) groups is 1. The number of hydrogen-bond donors (Lipinski definition) is 1. The number of carbonyl (C=O) groups excluding carboxylic acids is 1. The Labute approximate surface area is 133 Å². The van der Waals surface area contributed by atoms with Crippen LogP contribution < -0.4 is 5.01 Å². The van der Waals surface area contributed by atoms with Crippen LogP contribution in [0.4, 0.5) is 5.69 Å². The maximum Gasteiger partial charge on any atom is 0.280 e. The number of phenols is 1. The first-order valence-electron chi connectivity index (χ1n) is 6.71. The molecule has 1 N–H and O–H groups in total. The van der Waals surface area contributed by atoms with Crippen LogP contribution in [0.1, 0.15) is 12.5 Å². The van der Waals surface area contributed by atoms with Gasteiger partial charge in [-0.15, -0.1) is 0 Å². The van der Waals surface area contributed by atoms with Crippen LogP contribution in [-0.4, -0.2) is 16.7 Å². The van der Waals surface area contributed by atoms with Crippen molar-refractivity contribution in [3.63, 3.8) is 0 Å². The molecule has 110 valence electrons. The van der Waals surface area contributed by atoms with Crippen molar-refractivity contribution in [3.05, 3.63) is 64.7 Å². The summed E-state index contributed by atoms with van der Waals surface area (Å²) in [4.78, 5) is 12.5. The molecule has 0 radical (unpaired) electrons. The van der Waals surface area contributed by atoms with E-state index < -0.39 is 0 Å². The van der Waals surface area contributed by atoms with E-state index in [9.17, 15) is 9.90 Å². The lowest BCUT2D eigenvalue weighted by Crippen LogP contribution is -2.21. The van der Waals surface area contributed by atoms with Gasteiger partial charge in [0.15, 0.2) is 0 Å². The fraction of sp³-hybridized carbons (Fsp3) is 0.0588. The summed E-state index contributed by atoms with van der Waals surface area (Å²) < 4.78 is 0. The molecule has 5 heteroatoms. The predicted molar refractivity (Wildman–Crippen MR) is 88.1 cm³/mol. The van der Waals surface area contributed by atoms with E-state index in [1.165, 1.54) is 5.01 Å². The highest BCUT2D eigenvalue weighted by Gasteiger charge is 2.28. The molecule has 2 aromatic carbocycles. The third-order valence-corrected chi connectivity index (χ3v) is 3.57. The van der Waals surface area contributed by atoms with E-state index in [-0.39, 0.29) is 11.7 Å². The van der Waals surface area contributed by atoms with Gasteiger partial charge in [0.05, 0.1) is 17.0 Å². The number of amides is 1.